The van der Waals surface area contributed by atoms with Crippen LogP contribution in [0.3, 0.4) is 0 Å². The maximum Gasteiger partial charge on any atom is 0.0991 e. The van der Waals surface area contributed by atoms with E-state index in [9.17, 15) is 5.26 Å². The number of aromatic nitrogens is 1. The monoisotopic (exact) mass is 741 g/mol. The van der Waals surface area contributed by atoms with E-state index in [0.717, 1.165) is 17.1 Å². The molecule has 2 aromatic heterocycles. The highest BCUT2D eigenvalue weighted by Crippen LogP contribution is 2.46. The van der Waals surface area contributed by atoms with Gasteiger partial charge in [-0.25, -0.2) is 0 Å². The van der Waals surface area contributed by atoms with Crippen LogP contribution in [0.5, 0.6) is 0 Å². The molecule has 0 radical (unpaired) electrons. The van der Waals surface area contributed by atoms with Crippen LogP contribution in [0.25, 0.3) is 91.1 Å². The topological polar surface area (TPSA) is 32.0 Å². The summed E-state index contributed by atoms with van der Waals surface area (Å²) < 4.78 is 4.95. The predicted octanol–water partition coefficient (Wildman–Crippen LogP) is 15.1. The van der Waals surface area contributed by atoms with Gasteiger partial charge in [0.05, 0.1) is 22.7 Å². The molecule has 0 saturated heterocycles. The summed E-state index contributed by atoms with van der Waals surface area (Å²) in [5, 5.41) is 22.3. The number of hydrogen-bond donors (Lipinski definition) is 0. The maximum atomic E-state index is 9.56. The molecule has 2 heterocycles. The summed E-state index contributed by atoms with van der Waals surface area (Å²) in [6.07, 6.45) is 0. The molecule has 264 valence electrons. The number of thiophene rings is 1. The van der Waals surface area contributed by atoms with E-state index in [1.165, 1.54) is 91.1 Å². The fraction of sp³-hybridized carbons (Fsp3) is 0. The molecule has 10 aromatic carbocycles. The lowest BCUT2D eigenvalue weighted by Gasteiger charge is -2.26. The van der Waals surface area contributed by atoms with Crippen LogP contribution in [0.15, 0.2) is 188 Å². The standard InChI is InChI=1S/C53H31N3S/c54-32-33-14-21-38(22-15-33)55(40-25-29-43-42-10-5-7-13-49(42)57-50(43)31-40)39-23-16-34(17-24-39)41-26-18-35-19-28-46-52-36(20-27-44(41)51(35)52)30-48-53(46)45-11-4-6-12-47(45)56(48)37-8-2-1-3-9-37/h1-31H. The van der Waals surface area contributed by atoms with Crippen molar-refractivity contribution in [2.45, 2.75) is 0 Å². The molecule has 0 unspecified atom stereocenters. The number of nitrogens with zero attached hydrogens (tertiary/aromatic N) is 3. The maximum absolute atomic E-state index is 9.56. The van der Waals surface area contributed by atoms with Crippen LogP contribution in [-0.2, 0) is 0 Å². The zero-order chi connectivity index (χ0) is 37.6. The highest BCUT2D eigenvalue weighted by atomic mass is 32.1. The van der Waals surface area contributed by atoms with Gasteiger partial charge in [-0.2, -0.15) is 5.26 Å². The van der Waals surface area contributed by atoms with Gasteiger partial charge in [0, 0.05) is 53.7 Å². The number of para-hydroxylation sites is 2. The van der Waals surface area contributed by atoms with Crippen LogP contribution in [0.4, 0.5) is 17.1 Å². The fourth-order valence-corrected chi connectivity index (χ4v) is 10.4. The van der Waals surface area contributed by atoms with Crippen LogP contribution in [0, 0.1) is 11.3 Å². The average molecular weight is 742 g/mol. The molecule has 0 spiro atoms. The minimum absolute atomic E-state index is 0.644. The van der Waals surface area contributed by atoms with Crippen molar-refractivity contribution in [3.8, 4) is 22.9 Å². The summed E-state index contributed by atoms with van der Waals surface area (Å²) in [7, 11) is 0. The van der Waals surface area contributed by atoms with Crippen LogP contribution in [0.1, 0.15) is 5.56 Å². The summed E-state index contributed by atoms with van der Waals surface area (Å²) in [5.41, 5.74) is 9.77. The summed E-state index contributed by atoms with van der Waals surface area (Å²) >= 11 is 1.82. The molecule has 0 amide bonds. The Hall–Kier alpha value is -7.45. The lowest BCUT2D eigenvalue weighted by atomic mass is 9.88. The normalized spacial score (nSPS) is 11.8. The Bertz CT molecular complexity index is 3570. The van der Waals surface area contributed by atoms with Gasteiger partial charge >= 0.3 is 0 Å². The molecule has 0 bridgehead atoms. The van der Waals surface area contributed by atoms with Crippen molar-refractivity contribution in [3.63, 3.8) is 0 Å². The third-order valence-electron chi connectivity index (χ3n) is 11.7. The van der Waals surface area contributed by atoms with Crippen LogP contribution in [-0.4, -0.2) is 4.57 Å². The molecule has 0 aliphatic heterocycles. The molecule has 0 atom stereocenters. The molecule has 0 fully saturated rings. The third kappa shape index (κ3) is 4.77. The van der Waals surface area contributed by atoms with Crippen molar-refractivity contribution in [3.05, 3.63) is 194 Å². The van der Waals surface area contributed by atoms with Crippen molar-refractivity contribution < 1.29 is 0 Å². The zero-order valence-electron chi connectivity index (χ0n) is 30.6. The largest absolute Gasteiger partial charge is 0.310 e. The quantitative estimate of drug-likeness (QED) is 0.165. The fourth-order valence-electron chi connectivity index (χ4n) is 9.21. The van der Waals surface area contributed by atoms with Crippen LogP contribution >= 0.6 is 11.3 Å². The van der Waals surface area contributed by atoms with E-state index in [-0.39, 0.29) is 0 Å². The summed E-state index contributed by atoms with van der Waals surface area (Å²) in [6.45, 7) is 0. The molecular formula is C53H31N3S. The second-order valence-electron chi connectivity index (χ2n) is 14.8. The molecule has 0 aliphatic carbocycles. The van der Waals surface area contributed by atoms with Gasteiger partial charge in [-0.1, -0.05) is 109 Å². The first-order valence-corrected chi connectivity index (χ1v) is 20.0. The smallest absolute Gasteiger partial charge is 0.0991 e. The van der Waals surface area contributed by atoms with Crippen LogP contribution < -0.4 is 4.90 Å². The Morgan fingerprint density at radius 1 is 0.439 bits per heavy atom. The van der Waals surface area contributed by atoms with Gasteiger partial charge in [0.1, 0.15) is 0 Å². The van der Waals surface area contributed by atoms with Crippen molar-refractivity contribution >= 4 is 103 Å². The molecule has 0 aliphatic rings. The first-order valence-electron chi connectivity index (χ1n) is 19.2. The van der Waals surface area contributed by atoms with E-state index in [2.05, 4.69) is 179 Å². The number of nitriles is 1. The molecule has 12 aromatic rings. The Morgan fingerprint density at radius 2 is 1.07 bits per heavy atom. The Kier molecular flexibility index (Phi) is 6.86. The minimum atomic E-state index is 0.644. The molecule has 4 heteroatoms. The number of hydrogen-bond acceptors (Lipinski definition) is 3. The predicted molar refractivity (Wildman–Crippen MR) is 242 cm³/mol. The van der Waals surface area contributed by atoms with Crippen molar-refractivity contribution in [1.82, 2.24) is 4.57 Å². The lowest BCUT2D eigenvalue weighted by molar-refractivity contribution is 1.18. The van der Waals surface area contributed by atoms with E-state index in [0.29, 0.717) is 5.56 Å². The Balaban J connectivity index is 1.02. The van der Waals surface area contributed by atoms with E-state index >= 15 is 0 Å². The lowest BCUT2D eigenvalue weighted by Crippen LogP contribution is -2.09. The number of rotatable bonds is 5. The molecular weight excluding hydrogens is 711 g/mol. The van der Waals surface area contributed by atoms with Crippen LogP contribution in [0.2, 0.25) is 0 Å². The molecule has 0 N–H and O–H groups in total. The van der Waals surface area contributed by atoms with Gasteiger partial charge in [0.25, 0.3) is 0 Å². The van der Waals surface area contributed by atoms with Gasteiger partial charge in [0.2, 0.25) is 0 Å². The van der Waals surface area contributed by atoms with E-state index < -0.39 is 0 Å². The van der Waals surface area contributed by atoms with E-state index in [4.69, 9.17) is 0 Å². The summed E-state index contributed by atoms with van der Waals surface area (Å²) in [4.78, 5) is 2.29. The minimum Gasteiger partial charge on any atom is -0.310 e. The summed E-state index contributed by atoms with van der Waals surface area (Å²) in [5.74, 6) is 0. The number of benzene rings is 10. The molecule has 57 heavy (non-hydrogen) atoms. The highest BCUT2D eigenvalue weighted by Gasteiger charge is 2.20. The van der Waals surface area contributed by atoms with Gasteiger partial charge in [-0.05, 0) is 122 Å². The Labute approximate surface area is 332 Å². The first-order chi connectivity index (χ1) is 28.2. The number of anilines is 3. The zero-order valence-corrected chi connectivity index (χ0v) is 31.5. The number of fused-ring (bicyclic) bond motifs is 7. The summed E-state index contributed by atoms with van der Waals surface area (Å²) in [6, 6.07) is 70.2. The average Bonchev–Trinajstić information content (AvgIpc) is 3.81. The Morgan fingerprint density at radius 3 is 1.89 bits per heavy atom. The second kappa shape index (κ2) is 12.3. The van der Waals surface area contributed by atoms with E-state index in [1.807, 2.05) is 35.6 Å². The highest BCUT2D eigenvalue weighted by molar-refractivity contribution is 7.25. The second-order valence-corrected chi connectivity index (χ2v) is 15.9. The van der Waals surface area contributed by atoms with Gasteiger partial charge < -0.3 is 9.47 Å². The van der Waals surface area contributed by atoms with Gasteiger partial charge in [-0.15, -0.1) is 11.3 Å². The van der Waals surface area contributed by atoms with Gasteiger partial charge in [0.15, 0.2) is 0 Å². The third-order valence-corrected chi connectivity index (χ3v) is 12.9. The van der Waals surface area contributed by atoms with Crippen molar-refractivity contribution in [2.75, 3.05) is 4.90 Å². The van der Waals surface area contributed by atoms with Gasteiger partial charge in [-0.3, -0.25) is 0 Å². The molecule has 0 saturated carbocycles. The van der Waals surface area contributed by atoms with Crippen molar-refractivity contribution in [1.29, 1.82) is 5.26 Å². The SMILES string of the molecule is N#Cc1ccc(N(c2ccc(-c3ccc4ccc5c6c(ccc3c46)cc3c5c4ccccc4n3-c3ccccc3)cc2)c2ccc3c(c2)sc2ccccc23)cc1. The molecule has 12 rings (SSSR count). The first kappa shape index (κ1) is 31.9. The van der Waals surface area contributed by atoms with Crippen molar-refractivity contribution in [2.24, 2.45) is 0 Å². The van der Waals surface area contributed by atoms with E-state index in [1.54, 1.807) is 0 Å². The molecule has 3 nitrogen and oxygen atoms in total.